The topological polar surface area (TPSA) is 65.4 Å². The van der Waals surface area contributed by atoms with Crippen LogP contribution < -0.4 is 14.8 Å². The van der Waals surface area contributed by atoms with Crippen LogP contribution in [0.3, 0.4) is 0 Å². The van der Waals surface area contributed by atoms with E-state index in [0.717, 1.165) is 28.8 Å². The molecule has 0 saturated heterocycles. The van der Waals surface area contributed by atoms with E-state index in [4.69, 9.17) is 26.1 Å². The van der Waals surface area contributed by atoms with Crippen molar-refractivity contribution in [2.45, 2.75) is 26.4 Å². The molecule has 0 aliphatic carbocycles. The number of hydrogen-bond acceptors (Lipinski definition) is 4. The third-order valence-corrected chi connectivity index (χ3v) is 5.92. The summed E-state index contributed by atoms with van der Waals surface area (Å²) >= 11 is 6.17. The molecule has 4 aromatic rings. The molecule has 0 unspecified atom stereocenters. The molecule has 180 valence electrons. The van der Waals surface area contributed by atoms with Crippen molar-refractivity contribution in [1.82, 2.24) is 14.9 Å². The van der Waals surface area contributed by atoms with Gasteiger partial charge in [-0.25, -0.2) is 4.98 Å². The summed E-state index contributed by atoms with van der Waals surface area (Å²) in [5, 5.41) is 3.37. The lowest BCUT2D eigenvalue weighted by molar-refractivity contribution is 0.0949. The van der Waals surface area contributed by atoms with Gasteiger partial charge in [0.05, 0.1) is 41.9 Å². The summed E-state index contributed by atoms with van der Waals surface area (Å²) < 4.78 is 13.6. The highest BCUT2D eigenvalue weighted by Gasteiger charge is 2.14. The number of ether oxygens (including phenoxy) is 2. The molecule has 35 heavy (non-hydrogen) atoms. The maximum Gasteiger partial charge on any atom is 0.253 e. The van der Waals surface area contributed by atoms with Crippen LogP contribution >= 0.6 is 11.6 Å². The van der Waals surface area contributed by atoms with Crippen LogP contribution in [0.4, 0.5) is 0 Å². The molecule has 1 amide bonds. The Labute approximate surface area is 210 Å². The summed E-state index contributed by atoms with van der Waals surface area (Å²) in [7, 11) is 1.64. The Balaban J connectivity index is 1.43. The highest BCUT2D eigenvalue weighted by Crippen LogP contribution is 2.29. The summed E-state index contributed by atoms with van der Waals surface area (Å²) in [6.07, 6.45) is 4.76. The lowest BCUT2D eigenvalue weighted by Crippen LogP contribution is -2.25. The van der Waals surface area contributed by atoms with Crippen molar-refractivity contribution >= 4 is 34.6 Å². The SMILES string of the molecule is C/C=C/c1ccc(OCCCn2c(CNC(=O)c3ccccc3Cl)nc3ccccc32)c(OC)c1. The van der Waals surface area contributed by atoms with Crippen molar-refractivity contribution in [2.75, 3.05) is 13.7 Å². The average molecular weight is 490 g/mol. The molecular weight excluding hydrogens is 462 g/mol. The number of amides is 1. The van der Waals surface area contributed by atoms with Gasteiger partial charge in [0.15, 0.2) is 11.5 Å². The van der Waals surface area contributed by atoms with E-state index in [1.54, 1.807) is 31.4 Å². The summed E-state index contributed by atoms with van der Waals surface area (Å²) in [6, 6.07) is 20.8. The molecule has 4 rings (SSSR count). The molecule has 1 aromatic heterocycles. The van der Waals surface area contributed by atoms with Crippen molar-refractivity contribution in [1.29, 1.82) is 0 Å². The third kappa shape index (κ3) is 5.84. The lowest BCUT2D eigenvalue weighted by atomic mass is 10.2. The third-order valence-electron chi connectivity index (χ3n) is 5.59. The maximum absolute atomic E-state index is 12.6. The molecule has 0 aliphatic heterocycles. The number of rotatable bonds is 10. The second-order valence-corrected chi connectivity index (χ2v) is 8.35. The van der Waals surface area contributed by atoms with E-state index in [1.165, 1.54) is 0 Å². The Bertz CT molecular complexity index is 1350. The van der Waals surface area contributed by atoms with Crippen LogP contribution in [-0.4, -0.2) is 29.2 Å². The van der Waals surface area contributed by atoms with E-state index in [9.17, 15) is 4.79 Å². The van der Waals surface area contributed by atoms with Crippen LogP contribution in [0, 0.1) is 0 Å². The van der Waals surface area contributed by atoms with Gasteiger partial charge in [0.1, 0.15) is 5.82 Å². The fraction of sp³-hybridized carbons (Fsp3) is 0.214. The average Bonchev–Trinajstić information content (AvgIpc) is 3.23. The monoisotopic (exact) mass is 489 g/mol. The molecule has 0 atom stereocenters. The fourth-order valence-electron chi connectivity index (χ4n) is 3.91. The molecule has 0 aliphatic rings. The van der Waals surface area contributed by atoms with Gasteiger partial charge < -0.3 is 19.4 Å². The fourth-order valence-corrected chi connectivity index (χ4v) is 4.14. The zero-order chi connectivity index (χ0) is 24.6. The number of imidazole rings is 1. The van der Waals surface area contributed by atoms with Crippen LogP contribution in [0.1, 0.15) is 35.1 Å². The summed E-state index contributed by atoms with van der Waals surface area (Å²) in [5.74, 6) is 1.96. The van der Waals surface area contributed by atoms with E-state index in [1.807, 2.05) is 61.5 Å². The van der Waals surface area contributed by atoms with Gasteiger partial charge >= 0.3 is 0 Å². The Kier molecular flexibility index (Phi) is 8.06. The molecule has 6 nitrogen and oxygen atoms in total. The predicted octanol–water partition coefficient (Wildman–Crippen LogP) is 6.13. The van der Waals surface area contributed by atoms with Crippen molar-refractivity contribution in [3.05, 3.63) is 94.8 Å². The van der Waals surface area contributed by atoms with Gasteiger partial charge in [0.25, 0.3) is 5.91 Å². The molecule has 1 heterocycles. The van der Waals surface area contributed by atoms with E-state index < -0.39 is 0 Å². The predicted molar refractivity (Wildman–Crippen MR) is 140 cm³/mol. The van der Waals surface area contributed by atoms with Crippen molar-refractivity contribution in [2.24, 2.45) is 0 Å². The minimum Gasteiger partial charge on any atom is -0.493 e. The Morgan fingerprint density at radius 1 is 1.09 bits per heavy atom. The first-order valence-electron chi connectivity index (χ1n) is 11.5. The van der Waals surface area contributed by atoms with Crippen LogP contribution in [0.2, 0.25) is 5.02 Å². The number of allylic oxidation sites excluding steroid dienone is 1. The van der Waals surface area contributed by atoms with Gasteiger partial charge in [0, 0.05) is 6.54 Å². The number of carbonyl (C=O) groups excluding carboxylic acids is 1. The number of nitrogens with one attached hydrogen (secondary N) is 1. The lowest BCUT2D eigenvalue weighted by Gasteiger charge is -2.13. The molecule has 7 heteroatoms. The standard InChI is InChI=1S/C28H28ClN3O3/c1-3-9-20-14-15-25(26(18-20)34-2)35-17-8-16-32-24-13-7-6-12-23(24)31-27(32)19-30-28(33)21-10-4-5-11-22(21)29/h3-7,9-15,18H,8,16-17,19H2,1-2H3,(H,30,33)/b9-3+. The Morgan fingerprint density at radius 3 is 2.69 bits per heavy atom. The number of methoxy groups -OCH3 is 1. The molecule has 1 N–H and O–H groups in total. The number of fused-ring (bicyclic) bond motifs is 1. The molecule has 0 radical (unpaired) electrons. The number of halogens is 1. The van der Waals surface area contributed by atoms with E-state index in [2.05, 4.69) is 9.88 Å². The molecular formula is C28H28ClN3O3. The zero-order valence-corrected chi connectivity index (χ0v) is 20.6. The van der Waals surface area contributed by atoms with Crippen molar-refractivity contribution in [3.8, 4) is 11.5 Å². The highest BCUT2D eigenvalue weighted by molar-refractivity contribution is 6.33. The summed E-state index contributed by atoms with van der Waals surface area (Å²) in [4.78, 5) is 17.4. The van der Waals surface area contributed by atoms with Gasteiger partial charge in [-0.2, -0.15) is 0 Å². The van der Waals surface area contributed by atoms with Crippen LogP contribution in [0.15, 0.2) is 72.8 Å². The first kappa shape index (κ1) is 24.4. The van der Waals surface area contributed by atoms with Gasteiger partial charge in [-0.15, -0.1) is 0 Å². The minimum atomic E-state index is -0.231. The largest absolute Gasteiger partial charge is 0.493 e. The molecule has 0 fully saturated rings. The number of carbonyl (C=O) groups is 1. The minimum absolute atomic E-state index is 0.231. The maximum atomic E-state index is 12.6. The smallest absolute Gasteiger partial charge is 0.253 e. The number of hydrogen-bond donors (Lipinski definition) is 1. The van der Waals surface area contributed by atoms with Crippen molar-refractivity contribution in [3.63, 3.8) is 0 Å². The Morgan fingerprint density at radius 2 is 1.89 bits per heavy atom. The van der Waals surface area contributed by atoms with Gasteiger partial charge in [0.2, 0.25) is 0 Å². The van der Waals surface area contributed by atoms with E-state index in [0.29, 0.717) is 41.8 Å². The zero-order valence-electron chi connectivity index (χ0n) is 19.8. The van der Waals surface area contributed by atoms with Crippen LogP contribution in [-0.2, 0) is 13.1 Å². The Hall–Kier alpha value is -3.77. The number of benzene rings is 3. The molecule has 0 spiro atoms. The van der Waals surface area contributed by atoms with Crippen LogP contribution in [0.5, 0.6) is 11.5 Å². The van der Waals surface area contributed by atoms with Gasteiger partial charge in [-0.1, -0.05) is 54.1 Å². The summed E-state index contributed by atoms with van der Waals surface area (Å²) in [6.45, 7) is 3.47. The summed E-state index contributed by atoms with van der Waals surface area (Å²) in [5.41, 5.74) is 3.41. The number of aromatic nitrogens is 2. The van der Waals surface area contributed by atoms with Gasteiger partial charge in [-0.3, -0.25) is 4.79 Å². The normalized spacial score (nSPS) is 11.2. The quantitative estimate of drug-likeness (QED) is 0.272. The van der Waals surface area contributed by atoms with E-state index >= 15 is 0 Å². The number of nitrogens with zero attached hydrogens (tertiary/aromatic N) is 2. The van der Waals surface area contributed by atoms with Gasteiger partial charge in [-0.05, 0) is 55.3 Å². The highest BCUT2D eigenvalue weighted by atomic mass is 35.5. The number of para-hydroxylation sites is 2. The molecule has 3 aromatic carbocycles. The second-order valence-electron chi connectivity index (χ2n) is 7.94. The molecule has 0 saturated carbocycles. The van der Waals surface area contributed by atoms with E-state index in [-0.39, 0.29) is 5.91 Å². The second kappa shape index (κ2) is 11.6. The molecule has 0 bridgehead atoms. The van der Waals surface area contributed by atoms with Crippen LogP contribution in [0.25, 0.3) is 17.1 Å². The number of aryl methyl sites for hydroxylation is 1. The first-order valence-corrected chi connectivity index (χ1v) is 11.9. The van der Waals surface area contributed by atoms with Crippen molar-refractivity contribution < 1.29 is 14.3 Å². The first-order chi connectivity index (χ1) is 17.1.